The van der Waals surface area contributed by atoms with Gasteiger partial charge in [-0.3, -0.25) is 0 Å². The number of para-hydroxylation sites is 1. The smallest absolute Gasteiger partial charge is 0.163 e. The minimum absolute atomic E-state index is 0.780. The summed E-state index contributed by atoms with van der Waals surface area (Å²) in [5, 5.41) is 4.57. The lowest BCUT2D eigenvalue weighted by atomic mass is 10.2. The Labute approximate surface area is 129 Å². The topological polar surface area (TPSA) is 30.7 Å². The van der Waals surface area contributed by atoms with Gasteiger partial charge in [0, 0.05) is 10.5 Å². The van der Waals surface area contributed by atoms with Crippen LogP contribution in [-0.2, 0) is 0 Å². The van der Waals surface area contributed by atoms with E-state index in [1.54, 1.807) is 11.8 Å². The molecule has 3 nitrogen and oxygen atoms in total. The largest absolute Gasteiger partial charge is 0.213 e. The Balaban J connectivity index is 2.18. The Hall–Kier alpha value is -2.07. The van der Waals surface area contributed by atoms with Crippen LogP contribution in [0.2, 0.25) is 0 Å². The van der Waals surface area contributed by atoms with Crippen LogP contribution in [0.4, 0.5) is 0 Å². The van der Waals surface area contributed by atoms with Crippen LogP contribution in [0.1, 0.15) is 11.4 Å². The van der Waals surface area contributed by atoms with Crippen LogP contribution in [0.25, 0.3) is 17.1 Å². The average Bonchev–Trinajstić information content (AvgIpc) is 2.89. The zero-order valence-corrected chi connectivity index (χ0v) is 13.2. The van der Waals surface area contributed by atoms with Crippen molar-refractivity contribution in [3.05, 3.63) is 59.9 Å². The highest BCUT2D eigenvalue weighted by Crippen LogP contribution is 2.26. The molecule has 1 aromatic heterocycles. The summed E-state index contributed by atoms with van der Waals surface area (Å²) in [4.78, 5) is 5.84. The van der Waals surface area contributed by atoms with Gasteiger partial charge < -0.3 is 0 Å². The Morgan fingerprint density at radius 2 is 1.81 bits per heavy atom. The molecule has 0 saturated carbocycles. The van der Waals surface area contributed by atoms with E-state index in [9.17, 15) is 0 Å². The molecule has 0 saturated heterocycles. The molecule has 1 heterocycles. The molecule has 0 amide bonds. The molecule has 0 aliphatic heterocycles. The Morgan fingerprint density at radius 1 is 1.00 bits per heavy atom. The summed E-state index contributed by atoms with van der Waals surface area (Å²) in [6.07, 6.45) is 2.08. The zero-order valence-electron chi connectivity index (χ0n) is 12.4. The molecule has 0 N–H and O–H groups in total. The van der Waals surface area contributed by atoms with E-state index in [0.29, 0.717) is 0 Å². The quantitative estimate of drug-likeness (QED) is 0.676. The van der Waals surface area contributed by atoms with Gasteiger partial charge in [-0.15, -0.1) is 11.8 Å². The highest BCUT2D eigenvalue weighted by atomic mass is 32.2. The number of rotatable bonds is 3. The lowest BCUT2D eigenvalue weighted by molar-refractivity contribution is 0.862. The summed E-state index contributed by atoms with van der Waals surface area (Å²) in [5.74, 6) is 1.67. The molecule has 21 heavy (non-hydrogen) atoms. The summed E-state index contributed by atoms with van der Waals surface area (Å²) in [7, 11) is 0. The van der Waals surface area contributed by atoms with E-state index in [1.807, 2.05) is 23.7 Å². The highest BCUT2D eigenvalue weighted by molar-refractivity contribution is 7.98. The summed E-state index contributed by atoms with van der Waals surface area (Å²) in [6, 6.07) is 16.6. The number of benzene rings is 2. The predicted octanol–water partition coefficient (Wildman–Crippen LogP) is 4.27. The van der Waals surface area contributed by atoms with E-state index in [-0.39, 0.29) is 0 Å². The van der Waals surface area contributed by atoms with E-state index in [0.717, 1.165) is 22.9 Å². The van der Waals surface area contributed by atoms with Crippen molar-refractivity contribution in [2.45, 2.75) is 18.7 Å². The van der Waals surface area contributed by atoms with Gasteiger partial charge in [0.1, 0.15) is 5.82 Å². The zero-order chi connectivity index (χ0) is 14.8. The van der Waals surface area contributed by atoms with Gasteiger partial charge in [-0.2, -0.15) is 5.10 Å². The molecule has 4 heteroatoms. The normalized spacial score (nSPS) is 10.8. The SMILES string of the molecule is CSc1cccc(-c2nc(C)nn2-c2ccccc2C)c1. The van der Waals surface area contributed by atoms with E-state index in [2.05, 4.69) is 59.7 Å². The van der Waals surface area contributed by atoms with Gasteiger partial charge in [-0.1, -0.05) is 30.3 Å². The minimum Gasteiger partial charge on any atom is -0.213 e. The van der Waals surface area contributed by atoms with Gasteiger partial charge >= 0.3 is 0 Å². The highest BCUT2D eigenvalue weighted by Gasteiger charge is 2.13. The number of thioether (sulfide) groups is 1. The van der Waals surface area contributed by atoms with Crippen molar-refractivity contribution in [3.63, 3.8) is 0 Å². The summed E-state index contributed by atoms with van der Waals surface area (Å²) >= 11 is 1.73. The van der Waals surface area contributed by atoms with Crippen LogP contribution in [0.5, 0.6) is 0 Å². The fourth-order valence-corrected chi connectivity index (χ4v) is 2.79. The maximum absolute atomic E-state index is 4.62. The number of hydrogen-bond donors (Lipinski definition) is 0. The third kappa shape index (κ3) is 2.72. The van der Waals surface area contributed by atoms with Crippen molar-refractivity contribution >= 4 is 11.8 Å². The molecule has 0 spiro atoms. The molecule has 2 aromatic carbocycles. The Morgan fingerprint density at radius 3 is 2.57 bits per heavy atom. The molecule has 0 radical (unpaired) electrons. The van der Waals surface area contributed by atoms with E-state index >= 15 is 0 Å². The van der Waals surface area contributed by atoms with Gasteiger partial charge in [0.15, 0.2) is 5.82 Å². The van der Waals surface area contributed by atoms with Crippen LogP contribution in [0.15, 0.2) is 53.4 Å². The van der Waals surface area contributed by atoms with Crippen molar-refractivity contribution in [2.75, 3.05) is 6.26 Å². The number of aromatic nitrogens is 3. The molecule has 0 fully saturated rings. The summed E-state index contributed by atoms with van der Waals surface area (Å²) < 4.78 is 1.93. The maximum atomic E-state index is 4.62. The minimum atomic E-state index is 0.780. The van der Waals surface area contributed by atoms with Crippen molar-refractivity contribution in [3.8, 4) is 17.1 Å². The standard InChI is InChI=1S/C17H17N3S/c1-12-7-4-5-10-16(12)20-17(18-13(2)19-20)14-8-6-9-15(11-14)21-3/h4-11H,1-3H3. The van der Waals surface area contributed by atoms with Crippen LogP contribution in [-0.4, -0.2) is 21.0 Å². The van der Waals surface area contributed by atoms with Crippen molar-refractivity contribution in [1.29, 1.82) is 0 Å². The molecule has 0 bridgehead atoms. The lowest BCUT2D eigenvalue weighted by Gasteiger charge is -2.09. The fraction of sp³-hybridized carbons (Fsp3) is 0.176. The van der Waals surface area contributed by atoms with Gasteiger partial charge in [-0.05, 0) is 43.9 Å². The van der Waals surface area contributed by atoms with Crippen LogP contribution >= 0.6 is 11.8 Å². The number of hydrogen-bond acceptors (Lipinski definition) is 3. The third-order valence-corrected chi connectivity index (χ3v) is 4.11. The van der Waals surface area contributed by atoms with Crippen molar-refractivity contribution in [2.24, 2.45) is 0 Å². The number of aryl methyl sites for hydroxylation is 2. The van der Waals surface area contributed by atoms with Crippen LogP contribution < -0.4 is 0 Å². The first-order chi connectivity index (χ1) is 10.2. The second kappa shape index (κ2) is 5.74. The van der Waals surface area contributed by atoms with E-state index in [1.165, 1.54) is 10.5 Å². The monoisotopic (exact) mass is 295 g/mol. The molecule has 0 unspecified atom stereocenters. The first-order valence-corrected chi connectivity index (χ1v) is 8.05. The summed E-state index contributed by atoms with van der Waals surface area (Å²) in [5.41, 5.74) is 3.35. The van der Waals surface area contributed by atoms with Gasteiger partial charge in [0.2, 0.25) is 0 Å². The number of nitrogens with zero attached hydrogens (tertiary/aromatic N) is 3. The molecule has 3 rings (SSSR count). The Kier molecular flexibility index (Phi) is 3.80. The third-order valence-electron chi connectivity index (χ3n) is 3.38. The predicted molar refractivity (Wildman–Crippen MR) is 88.1 cm³/mol. The maximum Gasteiger partial charge on any atom is 0.163 e. The second-order valence-electron chi connectivity index (χ2n) is 4.91. The second-order valence-corrected chi connectivity index (χ2v) is 5.79. The first-order valence-electron chi connectivity index (χ1n) is 6.83. The van der Waals surface area contributed by atoms with Crippen LogP contribution in [0, 0.1) is 13.8 Å². The fourth-order valence-electron chi connectivity index (χ4n) is 2.33. The Bertz CT molecular complexity index is 777. The van der Waals surface area contributed by atoms with Crippen molar-refractivity contribution < 1.29 is 0 Å². The van der Waals surface area contributed by atoms with Gasteiger partial charge in [0.25, 0.3) is 0 Å². The first kappa shape index (κ1) is 13.9. The van der Waals surface area contributed by atoms with Gasteiger partial charge in [-0.25, -0.2) is 9.67 Å². The molecule has 0 atom stereocenters. The van der Waals surface area contributed by atoms with Crippen LogP contribution in [0.3, 0.4) is 0 Å². The molecular formula is C17H17N3S. The molecule has 0 aliphatic rings. The molecular weight excluding hydrogens is 278 g/mol. The lowest BCUT2D eigenvalue weighted by Crippen LogP contribution is -2.01. The average molecular weight is 295 g/mol. The van der Waals surface area contributed by atoms with E-state index < -0.39 is 0 Å². The van der Waals surface area contributed by atoms with E-state index in [4.69, 9.17) is 0 Å². The molecule has 3 aromatic rings. The van der Waals surface area contributed by atoms with Crippen molar-refractivity contribution in [1.82, 2.24) is 14.8 Å². The summed E-state index contributed by atoms with van der Waals surface area (Å²) in [6.45, 7) is 4.02. The van der Waals surface area contributed by atoms with Gasteiger partial charge in [0.05, 0.1) is 5.69 Å². The molecule has 106 valence electrons. The molecule has 0 aliphatic carbocycles.